The van der Waals surface area contributed by atoms with Crippen LogP contribution >= 0.6 is 0 Å². The number of aliphatic carboxylic acids is 1. The number of carboxylic acids is 1. The van der Waals surface area contributed by atoms with Crippen LogP contribution in [0.15, 0.2) is 24.5 Å². The zero-order valence-electron chi connectivity index (χ0n) is 10.5. The zero-order valence-corrected chi connectivity index (χ0v) is 10.5. The minimum atomic E-state index is -1.05. The quantitative estimate of drug-likeness (QED) is 0.828. The van der Waals surface area contributed by atoms with Gasteiger partial charge in [-0.15, -0.1) is 0 Å². The third kappa shape index (κ3) is 2.23. The minimum Gasteiger partial charge on any atom is -0.480 e. The summed E-state index contributed by atoms with van der Waals surface area (Å²) >= 11 is 0. The van der Waals surface area contributed by atoms with Crippen LogP contribution in [0, 0.1) is 0 Å². The van der Waals surface area contributed by atoms with Crippen molar-refractivity contribution in [2.45, 2.75) is 31.3 Å². The van der Waals surface area contributed by atoms with E-state index in [1.807, 2.05) is 4.90 Å². The molecule has 0 aromatic carbocycles. The van der Waals surface area contributed by atoms with Crippen LogP contribution in [0.2, 0.25) is 0 Å². The highest BCUT2D eigenvalue weighted by Gasteiger charge is 2.42. The van der Waals surface area contributed by atoms with Crippen molar-refractivity contribution in [3.05, 3.63) is 30.1 Å². The molecule has 98 valence electrons. The van der Waals surface area contributed by atoms with Gasteiger partial charge in [-0.1, -0.05) is 6.07 Å². The molecule has 1 aliphatic heterocycles. The Morgan fingerprint density at radius 3 is 3.00 bits per heavy atom. The predicted octanol–water partition coefficient (Wildman–Crippen LogP) is 0.805. The maximum Gasteiger partial charge on any atom is 0.328 e. The van der Waals surface area contributed by atoms with Crippen molar-refractivity contribution in [2.24, 2.45) is 5.73 Å². The van der Waals surface area contributed by atoms with Gasteiger partial charge in [-0.05, 0) is 32.4 Å². The van der Waals surface area contributed by atoms with Crippen LogP contribution in [0.1, 0.15) is 25.3 Å². The first-order valence-electron chi connectivity index (χ1n) is 6.19. The normalized spacial score (nSPS) is 24.4. The van der Waals surface area contributed by atoms with Crippen molar-refractivity contribution < 1.29 is 9.90 Å². The van der Waals surface area contributed by atoms with Gasteiger partial charge >= 0.3 is 5.97 Å². The van der Waals surface area contributed by atoms with Crippen LogP contribution in [-0.4, -0.2) is 40.1 Å². The van der Waals surface area contributed by atoms with Gasteiger partial charge in [0.1, 0.15) is 5.54 Å². The minimum absolute atomic E-state index is 0.0501. The second-order valence-corrected chi connectivity index (χ2v) is 4.97. The van der Waals surface area contributed by atoms with Gasteiger partial charge in [0.25, 0.3) is 0 Å². The largest absolute Gasteiger partial charge is 0.480 e. The molecule has 0 radical (unpaired) electrons. The average molecular weight is 249 g/mol. The molecular weight excluding hydrogens is 230 g/mol. The van der Waals surface area contributed by atoms with E-state index in [4.69, 9.17) is 5.73 Å². The fourth-order valence-electron chi connectivity index (χ4n) is 2.51. The summed E-state index contributed by atoms with van der Waals surface area (Å²) < 4.78 is 0. The van der Waals surface area contributed by atoms with Crippen molar-refractivity contribution in [2.75, 3.05) is 13.1 Å². The zero-order chi connectivity index (χ0) is 13.2. The molecule has 0 spiro atoms. The van der Waals surface area contributed by atoms with Crippen LogP contribution in [0.4, 0.5) is 0 Å². The van der Waals surface area contributed by atoms with Gasteiger partial charge < -0.3 is 10.8 Å². The van der Waals surface area contributed by atoms with Crippen molar-refractivity contribution in [3.63, 3.8) is 0 Å². The Hall–Kier alpha value is -1.46. The first-order valence-corrected chi connectivity index (χ1v) is 6.19. The van der Waals surface area contributed by atoms with E-state index in [2.05, 4.69) is 4.98 Å². The molecule has 1 aliphatic rings. The van der Waals surface area contributed by atoms with E-state index in [1.165, 1.54) is 0 Å². The summed E-state index contributed by atoms with van der Waals surface area (Å²) in [4.78, 5) is 17.7. The number of hydrogen-bond donors (Lipinski definition) is 2. The van der Waals surface area contributed by atoms with Crippen molar-refractivity contribution in [1.82, 2.24) is 9.88 Å². The van der Waals surface area contributed by atoms with Crippen LogP contribution in [0.5, 0.6) is 0 Å². The molecule has 5 heteroatoms. The molecule has 0 amide bonds. The lowest BCUT2D eigenvalue weighted by atomic mass is 9.88. The summed E-state index contributed by atoms with van der Waals surface area (Å²) in [6, 6.07) is 3.62. The maximum atomic E-state index is 11.7. The highest BCUT2D eigenvalue weighted by atomic mass is 16.4. The Labute approximate surface area is 107 Å². The molecule has 0 saturated carbocycles. The molecule has 3 N–H and O–H groups in total. The highest BCUT2D eigenvalue weighted by Crippen LogP contribution is 2.30. The SMILES string of the molecule is CC(C(=O)O)(c1cccnc1)N1CCCC(N)C1. The number of hydrogen-bond acceptors (Lipinski definition) is 4. The lowest BCUT2D eigenvalue weighted by Gasteiger charge is -2.42. The van der Waals surface area contributed by atoms with Gasteiger partial charge in [0.15, 0.2) is 0 Å². The molecule has 5 nitrogen and oxygen atoms in total. The summed E-state index contributed by atoms with van der Waals surface area (Å²) in [5, 5.41) is 9.61. The number of nitrogens with two attached hydrogens (primary N) is 1. The molecule has 2 heterocycles. The van der Waals surface area contributed by atoms with Gasteiger partial charge in [0.2, 0.25) is 0 Å². The fourth-order valence-corrected chi connectivity index (χ4v) is 2.51. The number of nitrogens with zero attached hydrogens (tertiary/aromatic N) is 2. The maximum absolute atomic E-state index is 11.7. The Kier molecular flexibility index (Phi) is 3.63. The van der Waals surface area contributed by atoms with Crippen LogP contribution in [-0.2, 0) is 10.3 Å². The predicted molar refractivity (Wildman–Crippen MR) is 68.0 cm³/mol. The third-order valence-corrected chi connectivity index (χ3v) is 3.73. The molecular formula is C13H19N3O2. The first kappa shape index (κ1) is 13.0. The molecule has 1 aromatic rings. The molecule has 0 bridgehead atoms. The topological polar surface area (TPSA) is 79.5 Å². The fraction of sp³-hybridized carbons (Fsp3) is 0.538. The van der Waals surface area contributed by atoms with Gasteiger partial charge in [0, 0.05) is 30.5 Å². The summed E-state index contributed by atoms with van der Waals surface area (Å²) in [5.74, 6) is -0.857. The van der Waals surface area contributed by atoms with Crippen molar-refractivity contribution in [1.29, 1.82) is 0 Å². The standard InChI is InChI=1S/C13H19N3O2/c1-13(12(17)18,10-4-2-6-15-8-10)16-7-3-5-11(14)9-16/h2,4,6,8,11H,3,5,7,9,14H2,1H3,(H,17,18). The first-order chi connectivity index (χ1) is 8.55. The molecule has 2 unspecified atom stereocenters. The van der Waals surface area contributed by atoms with E-state index in [0.717, 1.165) is 19.4 Å². The number of rotatable bonds is 3. The van der Waals surface area contributed by atoms with Crippen molar-refractivity contribution in [3.8, 4) is 0 Å². The number of likely N-dealkylation sites (tertiary alicyclic amines) is 1. The number of carboxylic acid groups (broad SMARTS) is 1. The third-order valence-electron chi connectivity index (χ3n) is 3.73. The van der Waals surface area contributed by atoms with E-state index in [0.29, 0.717) is 12.1 Å². The van der Waals surface area contributed by atoms with Gasteiger partial charge in [-0.3, -0.25) is 9.88 Å². The summed E-state index contributed by atoms with van der Waals surface area (Å²) in [5.41, 5.74) is 5.60. The van der Waals surface area contributed by atoms with E-state index in [1.54, 1.807) is 31.5 Å². The Balaban J connectivity index is 2.35. The molecule has 0 aliphatic carbocycles. The summed E-state index contributed by atoms with van der Waals surface area (Å²) in [6.07, 6.45) is 5.16. The molecule has 1 saturated heterocycles. The lowest BCUT2D eigenvalue weighted by molar-refractivity contribution is -0.152. The average Bonchev–Trinajstić information content (AvgIpc) is 2.38. The highest BCUT2D eigenvalue weighted by molar-refractivity contribution is 5.80. The summed E-state index contributed by atoms with van der Waals surface area (Å²) in [7, 11) is 0. The molecule has 18 heavy (non-hydrogen) atoms. The smallest absolute Gasteiger partial charge is 0.328 e. The van der Waals surface area contributed by atoms with E-state index >= 15 is 0 Å². The van der Waals surface area contributed by atoms with Gasteiger partial charge in [0.05, 0.1) is 0 Å². The summed E-state index contributed by atoms with van der Waals surface area (Å²) in [6.45, 7) is 3.09. The number of piperidine rings is 1. The molecule has 2 rings (SSSR count). The molecule has 1 aromatic heterocycles. The van der Waals surface area contributed by atoms with Crippen LogP contribution in [0.3, 0.4) is 0 Å². The number of aromatic nitrogens is 1. The number of carbonyl (C=O) groups is 1. The molecule has 1 fully saturated rings. The van der Waals surface area contributed by atoms with Gasteiger partial charge in [-0.25, -0.2) is 4.79 Å². The Morgan fingerprint density at radius 2 is 2.44 bits per heavy atom. The Bertz CT molecular complexity index is 424. The van der Waals surface area contributed by atoms with Crippen LogP contribution in [0.25, 0.3) is 0 Å². The monoisotopic (exact) mass is 249 g/mol. The van der Waals surface area contributed by atoms with Crippen molar-refractivity contribution >= 4 is 5.97 Å². The number of pyridine rings is 1. The van der Waals surface area contributed by atoms with Gasteiger partial charge in [-0.2, -0.15) is 0 Å². The van der Waals surface area contributed by atoms with Crippen LogP contribution < -0.4 is 5.73 Å². The second-order valence-electron chi connectivity index (χ2n) is 4.97. The lowest BCUT2D eigenvalue weighted by Crippen LogP contribution is -2.56. The van der Waals surface area contributed by atoms with E-state index in [-0.39, 0.29) is 6.04 Å². The van der Waals surface area contributed by atoms with E-state index in [9.17, 15) is 9.90 Å². The second kappa shape index (κ2) is 5.04. The van der Waals surface area contributed by atoms with E-state index < -0.39 is 11.5 Å². The Morgan fingerprint density at radius 1 is 1.67 bits per heavy atom. The molecule has 2 atom stereocenters.